The molecule has 1 aliphatic rings. The Balaban J connectivity index is 1.50. The lowest BCUT2D eigenvalue weighted by Gasteiger charge is -2.23. The first-order valence-electron chi connectivity index (χ1n) is 10.8. The van der Waals surface area contributed by atoms with Gasteiger partial charge in [0.1, 0.15) is 25.0 Å². The third kappa shape index (κ3) is 4.85. The first-order chi connectivity index (χ1) is 15.5. The number of halogens is 1. The van der Waals surface area contributed by atoms with Gasteiger partial charge in [0.15, 0.2) is 0 Å². The van der Waals surface area contributed by atoms with Crippen molar-refractivity contribution in [2.45, 2.75) is 19.9 Å². The second-order valence-electron chi connectivity index (χ2n) is 7.93. The molecule has 0 bridgehead atoms. The summed E-state index contributed by atoms with van der Waals surface area (Å²) in [5.41, 5.74) is 2.32. The Kier molecular flexibility index (Phi) is 6.58. The van der Waals surface area contributed by atoms with Crippen molar-refractivity contribution in [1.82, 2.24) is 24.6 Å². The molecule has 0 radical (unpaired) electrons. The number of amides is 2. The van der Waals surface area contributed by atoms with Gasteiger partial charge in [-0.25, -0.2) is 14.1 Å². The van der Waals surface area contributed by atoms with Gasteiger partial charge in [-0.15, -0.1) is 0 Å². The van der Waals surface area contributed by atoms with Crippen molar-refractivity contribution in [3.63, 3.8) is 0 Å². The second kappa shape index (κ2) is 9.72. The van der Waals surface area contributed by atoms with Crippen LogP contribution in [-0.2, 0) is 22.6 Å². The highest BCUT2D eigenvalue weighted by Gasteiger charge is 2.31. The van der Waals surface area contributed by atoms with Crippen LogP contribution in [0.25, 0.3) is 11.1 Å². The van der Waals surface area contributed by atoms with Crippen LogP contribution in [0, 0.1) is 11.7 Å². The Labute approximate surface area is 186 Å². The van der Waals surface area contributed by atoms with Gasteiger partial charge in [-0.1, -0.05) is 42.5 Å². The molecule has 1 aliphatic heterocycles. The minimum Gasteiger partial charge on any atom is -0.341 e. The van der Waals surface area contributed by atoms with Crippen molar-refractivity contribution in [3.05, 3.63) is 72.6 Å². The standard InChI is InChI=1S/C24H26FN5O2/c1-2-28-11-12-29(23(31)15-30-17-26-16-27-30)14-20(24(28)32)13-18-7-9-19(10-8-18)21-5-3-4-6-22(21)25/h3-10,16-17,20H,2,11-15H2,1H3. The maximum Gasteiger partial charge on any atom is 0.244 e. The third-order valence-electron chi connectivity index (χ3n) is 5.86. The normalized spacial score (nSPS) is 16.8. The van der Waals surface area contributed by atoms with E-state index >= 15 is 0 Å². The van der Waals surface area contributed by atoms with Crippen molar-refractivity contribution in [1.29, 1.82) is 0 Å². The van der Waals surface area contributed by atoms with Crippen molar-refractivity contribution >= 4 is 11.8 Å². The zero-order chi connectivity index (χ0) is 22.5. The van der Waals surface area contributed by atoms with Crippen LogP contribution in [0.5, 0.6) is 0 Å². The van der Waals surface area contributed by atoms with Crippen LogP contribution in [0.3, 0.4) is 0 Å². The fourth-order valence-corrected chi connectivity index (χ4v) is 4.09. The van der Waals surface area contributed by atoms with E-state index in [2.05, 4.69) is 10.1 Å². The van der Waals surface area contributed by atoms with Gasteiger partial charge in [0, 0.05) is 31.7 Å². The Bertz CT molecular complexity index is 1070. The first-order valence-corrected chi connectivity index (χ1v) is 10.8. The summed E-state index contributed by atoms with van der Waals surface area (Å²) in [6.45, 7) is 4.02. The highest BCUT2D eigenvalue weighted by Crippen LogP contribution is 2.24. The number of carbonyl (C=O) groups is 2. The van der Waals surface area contributed by atoms with E-state index in [1.165, 1.54) is 23.4 Å². The van der Waals surface area contributed by atoms with Crippen molar-refractivity contribution in [2.75, 3.05) is 26.2 Å². The van der Waals surface area contributed by atoms with Crippen LogP contribution in [0.15, 0.2) is 61.2 Å². The highest BCUT2D eigenvalue weighted by molar-refractivity contribution is 5.82. The van der Waals surface area contributed by atoms with E-state index in [9.17, 15) is 14.0 Å². The molecule has 2 amide bonds. The Morgan fingerprint density at radius 1 is 1.12 bits per heavy atom. The van der Waals surface area contributed by atoms with E-state index < -0.39 is 0 Å². The number of aromatic nitrogens is 3. The molecule has 8 heteroatoms. The molecule has 7 nitrogen and oxygen atoms in total. The fraction of sp³-hybridized carbons (Fsp3) is 0.333. The summed E-state index contributed by atoms with van der Waals surface area (Å²) in [5, 5.41) is 4.00. The average molecular weight is 436 g/mol. The molecule has 0 aliphatic carbocycles. The minimum atomic E-state index is -0.337. The maximum atomic E-state index is 14.1. The van der Waals surface area contributed by atoms with E-state index in [4.69, 9.17) is 0 Å². The highest BCUT2D eigenvalue weighted by atomic mass is 19.1. The lowest BCUT2D eigenvalue weighted by Crippen LogP contribution is -2.39. The Morgan fingerprint density at radius 2 is 1.91 bits per heavy atom. The monoisotopic (exact) mass is 435 g/mol. The molecule has 3 aromatic rings. The molecule has 32 heavy (non-hydrogen) atoms. The van der Waals surface area contributed by atoms with Crippen LogP contribution in [0.1, 0.15) is 12.5 Å². The number of carbonyl (C=O) groups excluding carboxylic acids is 2. The molecule has 0 spiro atoms. The van der Waals surface area contributed by atoms with Gasteiger partial charge in [-0.05, 0) is 30.5 Å². The van der Waals surface area contributed by atoms with Crippen LogP contribution >= 0.6 is 0 Å². The quantitative estimate of drug-likeness (QED) is 0.597. The van der Waals surface area contributed by atoms with Crippen LogP contribution < -0.4 is 0 Å². The molecule has 1 aromatic heterocycles. The predicted octanol–water partition coefficient (Wildman–Crippen LogP) is 2.63. The van der Waals surface area contributed by atoms with E-state index in [1.54, 1.807) is 28.0 Å². The summed E-state index contributed by atoms with van der Waals surface area (Å²) in [6.07, 6.45) is 3.42. The topological polar surface area (TPSA) is 71.3 Å². The van der Waals surface area contributed by atoms with Gasteiger partial charge < -0.3 is 9.80 Å². The van der Waals surface area contributed by atoms with Gasteiger partial charge in [0.05, 0.1) is 5.92 Å². The Morgan fingerprint density at radius 3 is 2.59 bits per heavy atom. The van der Waals surface area contributed by atoms with Crippen molar-refractivity contribution < 1.29 is 14.0 Å². The fourth-order valence-electron chi connectivity index (χ4n) is 4.09. The number of nitrogens with zero attached hydrogens (tertiary/aromatic N) is 5. The molecule has 1 atom stereocenters. The zero-order valence-electron chi connectivity index (χ0n) is 18.0. The van der Waals surface area contributed by atoms with Crippen LogP contribution in [-0.4, -0.2) is 62.6 Å². The molecule has 2 aromatic carbocycles. The Hall–Kier alpha value is -3.55. The largest absolute Gasteiger partial charge is 0.341 e. The second-order valence-corrected chi connectivity index (χ2v) is 7.93. The van der Waals surface area contributed by atoms with E-state index in [-0.39, 0.29) is 30.1 Å². The molecule has 4 rings (SSSR count). The van der Waals surface area contributed by atoms with Crippen molar-refractivity contribution in [3.8, 4) is 11.1 Å². The molecular formula is C24H26FN5O2. The summed E-state index contributed by atoms with van der Waals surface area (Å²) in [7, 11) is 0. The number of hydrogen-bond donors (Lipinski definition) is 0. The predicted molar refractivity (Wildman–Crippen MR) is 118 cm³/mol. The summed E-state index contributed by atoms with van der Waals surface area (Å²) in [6, 6.07) is 14.3. The van der Waals surface area contributed by atoms with Gasteiger partial charge in [0.25, 0.3) is 0 Å². The van der Waals surface area contributed by atoms with E-state index in [0.717, 1.165) is 11.1 Å². The van der Waals surface area contributed by atoms with Gasteiger partial charge in [-0.3, -0.25) is 9.59 Å². The average Bonchev–Trinajstić information content (AvgIpc) is 3.26. The molecule has 2 heterocycles. The molecule has 0 saturated carbocycles. The summed E-state index contributed by atoms with van der Waals surface area (Å²) >= 11 is 0. The molecular weight excluding hydrogens is 409 g/mol. The van der Waals surface area contributed by atoms with Gasteiger partial charge in [-0.2, -0.15) is 5.10 Å². The van der Waals surface area contributed by atoms with E-state index in [0.29, 0.717) is 38.2 Å². The molecule has 1 saturated heterocycles. The number of benzene rings is 2. The molecule has 1 unspecified atom stereocenters. The SMILES string of the molecule is CCN1CCN(C(=O)Cn2cncn2)CC(Cc2ccc(-c3ccccc3F)cc2)C1=O. The zero-order valence-corrected chi connectivity index (χ0v) is 18.0. The minimum absolute atomic E-state index is 0.0572. The lowest BCUT2D eigenvalue weighted by atomic mass is 9.95. The smallest absolute Gasteiger partial charge is 0.244 e. The van der Waals surface area contributed by atoms with Crippen LogP contribution in [0.2, 0.25) is 0 Å². The van der Waals surface area contributed by atoms with Gasteiger partial charge in [0.2, 0.25) is 11.8 Å². The van der Waals surface area contributed by atoms with Crippen LogP contribution in [0.4, 0.5) is 4.39 Å². The number of hydrogen-bond acceptors (Lipinski definition) is 4. The summed E-state index contributed by atoms with van der Waals surface area (Å²) in [4.78, 5) is 33.4. The molecule has 0 N–H and O–H groups in total. The van der Waals surface area contributed by atoms with Crippen molar-refractivity contribution in [2.24, 2.45) is 5.92 Å². The number of likely N-dealkylation sites (N-methyl/N-ethyl adjacent to an activating group) is 1. The summed E-state index contributed by atoms with van der Waals surface area (Å²) in [5.74, 6) is -0.626. The maximum absolute atomic E-state index is 14.1. The number of rotatable bonds is 6. The van der Waals surface area contributed by atoms with Gasteiger partial charge >= 0.3 is 0 Å². The molecule has 1 fully saturated rings. The van der Waals surface area contributed by atoms with E-state index in [1.807, 2.05) is 31.2 Å². The lowest BCUT2D eigenvalue weighted by molar-refractivity contribution is -0.135. The third-order valence-corrected chi connectivity index (χ3v) is 5.86. The first kappa shape index (κ1) is 21.7. The molecule has 166 valence electrons. The summed E-state index contributed by atoms with van der Waals surface area (Å²) < 4.78 is 15.6.